The zero-order valence-corrected chi connectivity index (χ0v) is 9.26. The van der Waals surface area contributed by atoms with E-state index < -0.39 is 0 Å². The van der Waals surface area contributed by atoms with Crippen molar-refractivity contribution >= 4 is 23.0 Å². The quantitative estimate of drug-likeness (QED) is 0.738. The molecule has 1 heterocycles. The number of allylic oxidation sites excluding steroid dienone is 1. The summed E-state index contributed by atoms with van der Waals surface area (Å²) in [5, 5.41) is 0.121. The second kappa shape index (κ2) is 6.35. The molecule has 4 heteroatoms. The van der Waals surface area contributed by atoms with Gasteiger partial charge in [0.1, 0.15) is 5.82 Å². The molecule has 1 aromatic rings. The minimum Gasteiger partial charge on any atom is -0.288 e. The van der Waals surface area contributed by atoms with Gasteiger partial charge in [-0.3, -0.25) is 9.78 Å². The third-order valence-corrected chi connectivity index (χ3v) is 2.47. The summed E-state index contributed by atoms with van der Waals surface area (Å²) in [6.07, 6.45) is 7.27. The third-order valence-electron chi connectivity index (χ3n) is 1.63. The van der Waals surface area contributed by atoms with E-state index in [2.05, 4.69) is 4.98 Å². The Morgan fingerprint density at radius 1 is 1.60 bits per heavy atom. The molecule has 0 aromatic carbocycles. The standard InChI is InChI=1S/C11H12FNOS/c1-9(14)15-5-3-2-4-10-6-11(12)8-13-7-10/h2,4,6-8H,3,5H2,1H3. The maximum Gasteiger partial charge on any atom is 0.185 e. The number of pyridine rings is 1. The van der Waals surface area contributed by atoms with Crippen LogP contribution in [0.25, 0.3) is 6.08 Å². The fraction of sp³-hybridized carbons (Fsp3) is 0.273. The molecule has 0 fully saturated rings. The van der Waals surface area contributed by atoms with Gasteiger partial charge in [-0.05, 0) is 18.1 Å². The van der Waals surface area contributed by atoms with E-state index in [1.807, 2.05) is 6.08 Å². The first-order valence-electron chi connectivity index (χ1n) is 4.59. The first-order valence-corrected chi connectivity index (χ1v) is 5.57. The van der Waals surface area contributed by atoms with Crippen LogP contribution in [-0.2, 0) is 4.79 Å². The van der Waals surface area contributed by atoms with Gasteiger partial charge in [-0.15, -0.1) is 0 Å². The Labute approximate surface area is 92.6 Å². The van der Waals surface area contributed by atoms with Crippen LogP contribution in [0.1, 0.15) is 18.9 Å². The monoisotopic (exact) mass is 225 g/mol. The lowest BCUT2D eigenvalue weighted by molar-refractivity contribution is -0.109. The van der Waals surface area contributed by atoms with Crippen molar-refractivity contribution in [2.45, 2.75) is 13.3 Å². The molecule has 0 aliphatic heterocycles. The number of hydrogen-bond donors (Lipinski definition) is 0. The average Bonchev–Trinajstić information content (AvgIpc) is 2.17. The molecule has 1 aromatic heterocycles. The SMILES string of the molecule is CC(=O)SCCC=Cc1cncc(F)c1. The number of halogens is 1. The van der Waals surface area contributed by atoms with Crippen LogP contribution in [-0.4, -0.2) is 15.9 Å². The van der Waals surface area contributed by atoms with Crippen LogP contribution in [0.5, 0.6) is 0 Å². The molecule has 80 valence electrons. The number of nitrogens with zero attached hydrogens (tertiary/aromatic N) is 1. The molecule has 1 rings (SSSR count). The zero-order chi connectivity index (χ0) is 11.1. The van der Waals surface area contributed by atoms with Gasteiger partial charge < -0.3 is 0 Å². The summed E-state index contributed by atoms with van der Waals surface area (Å²) in [7, 11) is 0. The van der Waals surface area contributed by atoms with Crippen LogP contribution in [0, 0.1) is 5.82 Å². The van der Waals surface area contributed by atoms with Crippen molar-refractivity contribution in [3.05, 3.63) is 35.9 Å². The molecule has 2 nitrogen and oxygen atoms in total. The molecule has 0 bridgehead atoms. The van der Waals surface area contributed by atoms with E-state index in [0.717, 1.165) is 17.7 Å². The molecule has 0 unspecified atom stereocenters. The Bertz CT molecular complexity index is 365. The highest BCUT2D eigenvalue weighted by Crippen LogP contribution is 2.07. The number of thioether (sulfide) groups is 1. The van der Waals surface area contributed by atoms with Crippen LogP contribution in [0.4, 0.5) is 4.39 Å². The highest BCUT2D eigenvalue weighted by atomic mass is 32.2. The van der Waals surface area contributed by atoms with Gasteiger partial charge in [0.25, 0.3) is 0 Å². The fourth-order valence-corrected chi connectivity index (χ4v) is 1.55. The predicted molar refractivity (Wildman–Crippen MR) is 61.0 cm³/mol. The summed E-state index contributed by atoms with van der Waals surface area (Å²) in [5.74, 6) is 0.421. The largest absolute Gasteiger partial charge is 0.288 e. The van der Waals surface area contributed by atoms with Gasteiger partial charge in [-0.25, -0.2) is 4.39 Å². The predicted octanol–water partition coefficient (Wildman–Crippen LogP) is 2.90. The highest BCUT2D eigenvalue weighted by Gasteiger charge is 1.92. The second-order valence-corrected chi connectivity index (χ2v) is 4.24. The van der Waals surface area contributed by atoms with Gasteiger partial charge in [0.15, 0.2) is 5.12 Å². The van der Waals surface area contributed by atoms with Gasteiger partial charge in [0.2, 0.25) is 0 Å². The van der Waals surface area contributed by atoms with Crippen molar-refractivity contribution in [3.63, 3.8) is 0 Å². The molecule has 0 radical (unpaired) electrons. The van der Waals surface area contributed by atoms with Crippen molar-refractivity contribution in [2.75, 3.05) is 5.75 Å². The zero-order valence-electron chi connectivity index (χ0n) is 8.44. The van der Waals surface area contributed by atoms with Crippen molar-refractivity contribution in [3.8, 4) is 0 Å². The lowest BCUT2D eigenvalue weighted by Crippen LogP contribution is -1.84. The van der Waals surface area contributed by atoms with Crippen LogP contribution < -0.4 is 0 Å². The van der Waals surface area contributed by atoms with Gasteiger partial charge in [-0.1, -0.05) is 23.9 Å². The first-order chi connectivity index (χ1) is 7.18. The molecule has 15 heavy (non-hydrogen) atoms. The van der Waals surface area contributed by atoms with Crippen LogP contribution in [0.3, 0.4) is 0 Å². The van der Waals surface area contributed by atoms with E-state index in [-0.39, 0.29) is 10.9 Å². The van der Waals surface area contributed by atoms with Gasteiger partial charge >= 0.3 is 0 Å². The van der Waals surface area contributed by atoms with E-state index in [4.69, 9.17) is 0 Å². The molecule has 0 aliphatic carbocycles. The number of rotatable bonds is 4. The van der Waals surface area contributed by atoms with Crippen molar-refractivity contribution in [1.82, 2.24) is 4.98 Å². The molecular weight excluding hydrogens is 213 g/mol. The van der Waals surface area contributed by atoms with Gasteiger partial charge in [0.05, 0.1) is 6.20 Å². The van der Waals surface area contributed by atoms with E-state index in [9.17, 15) is 9.18 Å². The summed E-state index contributed by atoms with van der Waals surface area (Å²) in [6.45, 7) is 1.55. The summed E-state index contributed by atoms with van der Waals surface area (Å²) in [4.78, 5) is 14.3. The summed E-state index contributed by atoms with van der Waals surface area (Å²) < 4.78 is 12.7. The molecule has 0 aliphatic rings. The topological polar surface area (TPSA) is 30.0 Å². The third kappa shape index (κ3) is 5.32. The van der Waals surface area contributed by atoms with Gasteiger partial charge in [0, 0.05) is 18.9 Å². The van der Waals surface area contributed by atoms with Crippen molar-refractivity contribution in [2.24, 2.45) is 0 Å². The smallest absolute Gasteiger partial charge is 0.185 e. The maximum absolute atomic E-state index is 12.7. The van der Waals surface area contributed by atoms with E-state index in [1.54, 1.807) is 19.2 Å². The minimum atomic E-state index is -0.338. The Morgan fingerprint density at radius 2 is 2.40 bits per heavy atom. The average molecular weight is 225 g/mol. The molecular formula is C11H12FNOS. The molecule has 0 amide bonds. The molecule has 0 spiro atoms. The van der Waals surface area contributed by atoms with E-state index >= 15 is 0 Å². The van der Waals surface area contributed by atoms with Crippen molar-refractivity contribution < 1.29 is 9.18 Å². The first kappa shape index (κ1) is 11.9. The minimum absolute atomic E-state index is 0.121. The molecule has 0 N–H and O–H groups in total. The summed E-state index contributed by atoms with van der Waals surface area (Å²) in [5.41, 5.74) is 0.739. The Balaban J connectivity index is 2.35. The molecule has 0 saturated heterocycles. The Kier molecular flexibility index (Phi) is 5.04. The van der Waals surface area contributed by atoms with Gasteiger partial charge in [-0.2, -0.15) is 0 Å². The fourth-order valence-electron chi connectivity index (χ4n) is 1.01. The summed E-state index contributed by atoms with van der Waals surface area (Å²) >= 11 is 1.29. The number of carbonyl (C=O) groups is 1. The van der Waals surface area contributed by atoms with E-state index in [0.29, 0.717) is 0 Å². The number of hydrogen-bond acceptors (Lipinski definition) is 3. The summed E-state index contributed by atoms with van der Waals surface area (Å²) in [6, 6.07) is 1.42. The second-order valence-electron chi connectivity index (χ2n) is 2.97. The lowest BCUT2D eigenvalue weighted by atomic mass is 10.2. The lowest BCUT2D eigenvalue weighted by Gasteiger charge is -1.93. The molecule has 0 saturated carbocycles. The highest BCUT2D eigenvalue weighted by molar-refractivity contribution is 8.13. The van der Waals surface area contributed by atoms with Crippen LogP contribution >= 0.6 is 11.8 Å². The maximum atomic E-state index is 12.7. The molecule has 0 atom stereocenters. The van der Waals surface area contributed by atoms with E-state index in [1.165, 1.54) is 24.0 Å². The Morgan fingerprint density at radius 3 is 3.07 bits per heavy atom. The van der Waals surface area contributed by atoms with Crippen LogP contribution in [0.2, 0.25) is 0 Å². The number of carbonyl (C=O) groups excluding carboxylic acids is 1. The number of aromatic nitrogens is 1. The van der Waals surface area contributed by atoms with Crippen LogP contribution in [0.15, 0.2) is 24.5 Å². The van der Waals surface area contributed by atoms with Crippen molar-refractivity contribution in [1.29, 1.82) is 0 Å². The Hall–Kier alpha value is -1.16. The normalized spacial score (nSPS) is 10.8.